The molecular weight excluding hydrogens is 408 g/mol. The van der Waals surface area contributed by atoms with E-state index < -0.39 is 5.41 Å². The number of aryl methyl sites for hydroxylation is 2. The van der Waals surface area contributed by atoms with Crippen LogP contribution in [-0.2, 0) is 5.41 Å². The number of allylic oxidation sites excluding steroid dienone is 1. The Morgan fingerprint density at radius 3 is 2.59 bits per heavy atom. The smallest absolute Gasteiger partial charge is 0.196 e. The molecule has 7 nitrogen and oxygen atoms in total. The number of hydrogen-bond donors (Lipinski definition) is 1. The number of carbonyl (C=O) groups is 1. The van der Waals surface area contributed by atoms with E-state index in [0.717, 1.165) is 5.69 Å². The average Bonchev–Trinajstić information content (AvgIpc) is 3.28. The second kappa shape index (κ2) is 5.97. The van der Waals surface area contributed by atoms with Crippen molar-refractivity contribution in [1.82, 2.24) is 9.78 Å². The van der Waals surface area contributed by atoms with Crippen molar-refractivity contribution in [2.75, 3.05) is 0 Å². The zero-order valence-corrected chi connectivity index (χ0v) is 17.6. The standard InChI is InChI=1S/C25H18N2O5/c1-12-21(29)20-23(19-16(28)9-10-31-22(12)19)32-17-11-15-18(24(30)25(17,20)3)13(2)26-27(15)14-7-5-4-6-8-14/h4-11,29H,1-3H3. The van der Waals surface area contributed by atoms with Gasteiger partial charge in [-0.15, -0.1) is 0 Å². The summed E-state index contributed by atoms with van der Waals surface area (Å²) in [4.78, 5) is 26.7. The number of Topliss-reactive ketones (excluding diaryl/α,β-unsaturated/α-hetero) is 1. The molecule has 32 heavy (non-hydrogen) atoms. The molecule has 0 saturated heterocycles. The van der Waals surface area contributed by atoms with Gasteiger partial charge in [0.25, 0.3) is 0 Å². The summed E-state index contributed by atoms with van der Waals surface area (Å²) in [5.74, 6) is 0.157. The van der Waals surface area contributed by atoms with Crippen molar-refractivity contribution in [3.8, 4) is 17.2 Å². The summed E-state index contributed by atoms with van der Waals surface area (Å²) in [5.41, 5.74) is 1.79. The van der Waals surface area contributed by atoms with E-state index in [2.05, 4.69) is 5.10 Å². The van der Waals surface area contributed by atoms with Crippen molar-refractivity contribution in [3.63, 3.8) is 0 Å². The van der Waals surface area contributed by atoms with E-state index in [-0.39, 0.29) is 39.2 Å². The number of phenols is 1. The number of fused-ring (bicyclic) bond motifs is 6. The minimum atomic E-state index is -1.29. The lowest BCUT2D eigenvalue weighted by Gasteiger charge is -2.27. The van der Waals surface area contributed by atoms with Gasteiger partial charge in [0.2, 0.25) is 0 Å². The van der Waals surface area contributed by atoms with Crippen molar-refractivity contribution in [1.29, 1.82) is 0 Å². The third-order valence-electron chi connectivity index (χ3n) is 6.52. The van der Waals surface area contributed by atoms with Crippen LogP contribution in [0.1, 0.15) is 39.8 Å². The van der Waals surface area contributed by atoms with Gasteiger partial charge in [0, 0.05) is 17.7 Å². The highest BCUT2D eigenvalue weighted by Gasteiger charge is 2.55. The molecule has 2 aliphatic rings. The molecule has 6 rings (SSSR count). The molecule has 2 aromatic heterocycles. The summed E-state index contributed by atoms with van der Waals surface area (Å²) >= 11 is 0. The first-order valence-corrected chi connectivity index (χ1v) is 10.2. The first-order chi connectivity index (χ1) is 15.3. The molecule has 1 aliphatic carbocycles. The van der Waals surface area contributed by atoms with Crippen molar-refractivity contribution in [2.24, 2.45) is 0 Å². The van der Waals surface area contributed by atoms with Crippen molar-refractivity contribution >= 4 is 22.8 Å². The molecule has 2 aromatic carbocycles. The SMILES string of the molecule is Cc1nn(-c2ccccc2)c2c1C(=O)C1(C)C(=C2)Oc2c1c(O)c(C)c1occc(=O)c21. The molecular formula is C25H18N2O5. The van der Waals surface area contributed by atoms with Crippen LogP contribution >= 0.6 is 0 Å². The molecule has 7 heteroatoms. The molecule has 0 amide bonds. The van der Waals surface area contributed by atoms with E-state index in [1.54, 1.807) is 31.5 Å². The highest BCUT2D eigenvalue weighted by atomic mass is 16.5. The van der Waals surface area contributed by atoms with Gasteiger partial charge in [0.15, 0.2) is 11.2 Å². The van der Waals surface area contributed by atoms with Crippen LogP contribution in [0.4, 0.5) is 0 Å². The zero-order chi connectivity index (χ0) is 22.4. The number of benzene rings is 2. The monoisotopic (exact) mass is 426 g/mol. The number of rotatable bonds is 1. The van der Waals surface area contributed by atoms with E-state index in [1.807, 2.05) is 30.3 Å². The van der Waals surface area contributed by atoms with Gasteiger partial charge >= 0.3 is 0 Å². The number of nitrogens with zero attached hydrogens (tertiary/aromatic N) is 2. The zero-order valence-electron chi connectivity index (χ0n) is 17.6. The molecule has 0 radical (unpaired) electrons. The van der Waals surface area contributed by atoms with Gasteiger partial charge in [-0.25, -0.2) is 4.68 Å². The second-order valence-corrected chi connectivity index (χ2v) is 8.32. The quantitative estimate of drug-likeness (QED) is 0.491. The van der Waals surface area contributed by atoms with Crippen molar-refractivity contribution < 1.29 is 19.1 Å². The van der Waals surface area contributed by atoms with Gasteiger partial charge in [-0.1, -0.05) is 18.2 Å². The lowest BCUT2D eigenvalue weighted by Crippen LogP contribution is -2.36. The second-order valence-electron chi connectivity index (χ2n) is 8.32. The lowest BCUT2D eigenvalue weighted by molar-refractivity contribution is 0.0905. The third-order valence-corrected chi connectivity index (χ3v) is 6.52. The number of aromatic hydroxyl groups is 1. The van der Waals surface area contributed by atoms with Crippen molar-refractivity contribution in [2.45, 2.75) is 26.2 Å². The average molecular weight is 426 g/mol. The number of para-hydroxylation sites is 1. The fourth-order valence-corrected chi connectivity index (χ4v) is 4.84. The number of ketones is 1. The molecule has 0 bridgehead atoms. The topological polar surface area (TPSA) is 94.6 Å². The maximum absolute atomic E-state index is 13.9. The molecule has 4 aromatic rings. The Labute approximate surface area is 182 Å². The summed E-state index contributed by atoms with van der Waals surface area (Å²) in [7, 11) is 0. The number of aromatic nitrogens is 2. The summed E-state index contributed by atoms with van der Waals surface area (Å²) in [6.45, 7) is 5.16. The van der Waals surface area contributed by atoms with Crippen LogP contribution in [0, 0.1) is 13.8 Å². The predicted molar refractivity (Wildman–Crippen MR) is 117 cm³/mol. The number of ether oxygens (including phenoxy) is 1. The van der Waals surface area contributed by atoms with Crippen LogP contribution in [0.15, 0.2) is 57.6 Å². The largest absolute Gasteiger partial charge is 0.507 e. The van der Waals surface area contributed by atoms with Crippen LogP contribution in [0.3, 0.4) is 0 Å². The summed E-state index contributed by atoms with van der Waals surface area (Å²) < 4.78 is 13.4. The Morgan fingerprint density at radius 2 is 1.84 bits per heavy atom. The fourth-order valence-electron chi connectivity index (χ4n) is 4.84. The maximum Gasteiger partial charge on any atom is 0.196 e. The molecule has 0 saturated carbocycles. The molecule has 1 N–H and O–H groups in total. The van der Waals surface area contributed by atoms with Crippen LogP contribution < -0.4 is 10.2 Å². The van der Waals surface area contributed by atoms with Crippen LogP contribution in [0.5, 0.6) is 11.5 Å². The third kappa shape index (κ3) is 2.07. The normalized spacial score (nSPS) is 18.7. The van der Waals surface area contributed by atoms with E-state index in [1.165, 1.54) is 12.3 Å². The Kier molecular flexibility index (Phi) is 3.48. The van der Waals surface area contributed by atoms with Gasteiger partial charge in [-0.2, -0.15) is 5.10 Å². The van der Waals surface area contributed by atoms with E-state index in [0.29, 0.717) is 28.3 Å². The molecule has 158 valence electrons. The van der Waals surface area contributed by atoms with Crippen LogP contribution in [-0.4, -0.2) is 20.7 Å². The van der Waals surface area contributed by atoms with Gasteiger partial charge in [0.1, 0.15) is 33.6 Å². The van der Waals surface area contributed by atoms with Gasteiger partial charge in [0.05, 0.1) is 34.5 Å². The Hall–Kier alpha value is -4.13. The minimum absolute atomic E-state index is 0.113. The first kappa shape index (κ1) is 18.6. The van der Waals surface area contributed by atoms with E-state index >= 15 is 0 Å². The molecule has 1 aliphatic heterocycles. The van der Waals surface area contributed by atoms with Crippen molar-refractivity contribution in [3.05, 3.63) is 86.7 Å². The highest BCUT2D eigenvalue weighted by molar-refractivity contribution is 6.14. The summed E-state index contributed by atoms with van der Waals surface area (Å²) in [6, 6.07) is 10.8. The summed E-state index contributed by atoms with van der Waals surface area (Å²) in [6.07, 6.45) is 3.06. The van der Waals surface area contributed by atoms with E-state index in [9.17, 15) is 14.7 Å². The number of hydrogen-bond acceptors (Lipinski definition) is 6. The number of phenolic OH excluding ortho intramolecular Hbond substituents is 1. The molecule has 0 fully saturated rings. The molecule has 1 atom stereocenters. The minimum Gasteiger partial charge on any atom is -0.507 e. The maximum atomic E-state index is 13.9. The van der Waals surface area contributed by atoms with Gasteiger partial charge in [-0.05, 0) is 32.9 Å². The first-order valence-electron chi connectivity index (χ1n) is 10.2. The molecule has 0 spiro atoms. The van der Waals surface area contributed by atoms with Crippen LogP contribution in [0.25, 0.3) is 22.7 Å². The van der Waals surface area contributed by atoms with E-state index in [4.69, 9.17) is 9.15 Å². The summed E-state index contributed by atoms with van der Waals surface area (Å²) in [5, 5.41) is 15.9. The Balaban J connectivity index is 1.68. The lowest BCUT2D eigenvalue weighted by atomic mass is 9.71. The van der Waals surface area contributed by atoms with Gasteiger partial charge in [-0.3, -0.25) is 9.59 Å². The fraction of sp³-hybridized carbons (Fsp3) is 0.160. The number of carbonyl (C=O) groups excluding carboxylic acids is 1. The Bertz CT molecular complexity index is 1580. The van der Waals surface area contributed by atoms with Crippen LogP contribution in [0.2, 0.25) is 0 Å². The molecule has 1 unspecified atom stereocenters. The Morgan fingerprint density at radius 1 is 1.09 bits per heavy atom. The highest BCUT2D eigenvalue weighted by Crippen LogP contribution is 2.57. The van der Waals surface area contributed by atoms with Gasteiger partial charge < -0.3 is 14.3 Å². The molecule has 3 heterocycles. The predicted octanol–water partition coefficient (Wildman–Crippen LogP) is 4.19.